The van der Waals surface area contributed by atoms with Crippen LogP contribution in [-0.4, -0.2) is 35.4 Å². The number of nitrogens with zero attached hydrogens (tertiary/aromatic N) is 2. The zero-order chi connectivity index (χ0) is 21.5. The van der Waals surface area contributed by atoms with E-state index >= 15 is 0 Å². The van der Waals surface area contributed by atoms with Crippen LogP contribution >= 0.6 is 0 Å². The van der Waals surface area contributed by atoms with Crippen molar-refractivity contribution in [2.24, 2.45) is 5.41 Å². The first-order chi connectivity index (χ1) is 15.2. The molecule has 0 aliphatic carbocycles. The molecule has 1 atom stereocenters. The van der Waals surface area contributed by atoms with Gasteiger partial charge < -0.3 is 5.32 Å². The molecular weight excluding hydrogens is 382 g/mol. The number of amides is 1. The standard InChI is InChI=1S/C27H27N3O/c1-2-15-29-26(31)27(14-17-30(21-27)20-22-9-4-3-5-10-22)18-23-11-6-7-13-25(23)24-12-8-16-28-19-24/h1,3-13,16,19H,14-15,17-18,20-21H2,(H,29,31)/t27-/m0/s1. The zero-order valence-electron chi connectivity index (χ0n) is 17.6. The van der Waals surface area contributed by atoms with Gasteiger partial charge in [0, 0.05) is 31.0 Å². The van der Waals surface area contributed by atoms with Crippen LogP contribution in [0, 0.1) is 17.8 Å². The number of aromatic nitrogens is 1. The topological polar surface area (TPSA) is 45.2 Å². The van der Waals surface area contributed by atoms with Crippen molar-refractivity contribution in [3.8, 4) is 23.5 Å². The smallest absolute Gasteiger partial charge is 0.228 e. The fourth-order valence-corrected chi connectivity index (χ4v) is 4.51. The normalized spacial score (nSPS) is 18.4. The third kappa shape index (κ3) is 4.84. The predicted octanol–water partition coefficient (Wildman–Crippen LogP) is 3.93. The van der Waals surface area contributed by atoms with E-state index in [1.165, 1.54) is 5.56 Å². The summed E-state index contributed by atoms with van der Waals surface area (Å²) in [7, 11) is 0. The second-order valence-electron chi connectivity index (χ2n) is 8.19. The van der Waals surface area contributed by atoms with Crippen LogP contribution in [0.2, 0.25) is 0 Å². The number of carbonyl (C=O) groups is 1. The Kier molecular flexibility index (Phi) is 6.45. The summed E-state index contributed by atoms with van der Waals surface area (Å²) in [6.07, 6.45) is 10.5. The summed E-state index contributed by atoms with van der Waals surface area (Å²) in [5, 5.41) is 2.96. The van der Waals surface area contributed by atoms with Gasteiger partial charge in [-0.2, -0.15) is 0 Å². The van der Waals surface area contributed by atoms with Gasteiger partial charge in [0.2, 0.25) is 5.91 Å². The Bertz CT molecular complexity index is 1060. The van der Waals surface area contributed by atoms with Gasteiger partial charge >= 0.3 is 0 Å². The summed E-state index contributed by atoms with van der Waals surface area (Å²) in [5.41, 5.74) is 4.10. The Morgan fingerprint density at radius 3 is 2.68 bits per heavy atom. The molecule has 4 rings (SSSR count). The molecule has 0 spiro atoms. The van der Waals surface area contributed by atoms with Crippen molar-refractivity contribution in [2.75, 3.05) is 19.6 Å². The first-order valence-electron chi connectivity index (χ1n) is 10.7. The summed E-state index contributed by atoms with van der Waals surface area (Å²) < 4.78 is 0. The summed E-state index contributed by atoms with van der Waals surface area (Å²) in [6, 6.07) is 22.7. The van der Waals surface area contributed by atoms with Crippen LogP contribution in [0.25, 0.3) is 11.1 Å². The number of hydrogen-bond donors (Lipinski definition) is 1. The minimum Gasteiger partial charge on any atom is -0.345 e. The second-order valence-corrected chi connectivity index (χ2v) is 8.19. The molecule has 0 bridgehead atoms. The number of nitrogens with one attached hydrogen (secondary N) is 1. The average molecular weight is 410 g/mol. The number of carbonyl (C=O) groups excluding carboxylic acids is 1. The maximum atomic E-state index is 13.3. The van der Waals surface area contributed by atoms with Gasteiger partial charge in [0.25, 0.3) is 0 Å². The molecule has 3 aromatic rings. The maximum absolute atomic E-state index is 13.3. The molecule has 0 saturated carbocycles. The molecule has 1 aliphatic heterocycles. The van der Waals surface area contributed by atoms with Gasteiger partial charge in [-0.05, 0) is 42.1 Å². The third-order valence-corrected chi connectivity index (χ3v) is 6.03. The molecule has 4 nitrogen and oxygen atoms in total. The molecule has 2 heterocycles. The van der Waals surface area contributed by atoms with Crippen molar-refractivity contribution >= 4 is 5.91 Å². The Morgan fingerprint density at radius 1 is 1.10 bits per heavy atom. The highest BCUT2D eigenvalue weighted by Crippen LogP contribution is 2.38. The van der Waals surface area contributed by atoms with Gasteiger partial charge in [-0.25, -0.2) is 0 Å². The predicted molar refractivity (Wildman–Crippen MR) is 124 cm³/mol. The van der Waals surface area contributed by atoms with Crippen LogP contribution in [0.5, 0.6) is 0 Å². The van der Waals surface area contributed by atoms with E-state index in [0.717, 1.165) is 36.2 Å². The van der Waals surface area contributed by atoms with Gasteiger partial charge in [-0.15, -0.1) is 6.42 Å². The number of rotatable bonds is 7. The average Bonchev–Trinajstić information content (AvgIpc) is 3.22. The molecule has 2 aromatic carbocycles. The van der Waals surface area contributed by atoms with E-state index in [2.05, 4.69) is 63.6 Å². The number of hydrogen-bond acceptors (Lipinski definition) is 3. The van der Waals surface area contributed by atoms with E-state index in [1.54, 1.807) is 6.20 Å². The van der Waals surface area contributed by atoms with E-state index in [4.69, 9.17) is 6.42 Å². The molecule has 1 fully saturated rings. The van der Waals surface area contributed by atoms with Crippen molar-refractivity contribution in [2.45, 2.75) is 19.4 Å². The molecular formula is C27H27N3O. The van der Waals surface area contributed by atoms with Gasteiger partial charge in [-0.1, -0.05) is 66.6 Å². The molecule has 0 radical (unpaired) electrons. The summed E-state index contributed by atoms with van der Waals surface area (Å²) in [4.78, 5) is 20.0. The Hall–Kier alpha value is -3.42. The van der Waals surface area contributed by atoms with Crippen molar-refractivity contribution in [3.05, 3.63) is 90.3 Å². The minimum atomic E-state index is -0.510. The lowest BCUT2D eigenvalue weighted by Crippen LogP contribution is -2.44. The van der Waals surface area contributed by atoms with E-state index in [-0.39, 0.29) is 12.5 Å². The van der Waals surface area contributed by atoms with Crippen LogP contribution in [0.1, 0.15) is 17.5 Å². The minimum absolute atomic E-state index is 0.0435. The van der Waals surface area contributed by atoms with Crippen molar-refractivity contribution in [1.82, 2.24) is 15.2 Å². The molecule has 1 saturated heterocycles. The lowest BCUT2D eigenvalue weighted by molar-refractivity contribution is -0.130. The van der Waals surface area contributed by atoms with Crippen LogP contribution in [0.4, 0.5) is 0 Å². The van der Waals surface area contributed by atoms with Crippen LogP contribution in [-0.2, 0) is 17.8 Å². The second kappa shape index (κ2) is 9.59. The molecule has 1 aliphatic rings. The maximum Gasteiger partial charge on any atom is 0.228 e. The van der Waals surface area contributed by atoms with Gasteiger partial charge in [0.15, 0.2) is 0 Å². The molecule has 156 valence electrons. The monoisotopic (exact) mass is 409 g/mol. The van der Waals surface area contributed by atoms with E-state index in [9.17, 15) is 4.79 Å². The first kappa shape index (κ1) is 20.8. The Labute approximate surface area is 184 Å². The largest absolute Gasteiger partial charge is 0.345 e. The fraction of sp³-hybridized carbons (Fsp3) is 0.259. The third-order valence-electron chi connectivity index (χ3n) is 6.03. The van der Waals surface area contributed by atoms with Gasteiger partial charge in [-0.3, -0.25) is 14.7 Å². The molecule has 1 N–H and O–H groups in total. The molecule has 0 unspecified atom stereocenters. The number of likely N-dealkylation sites (tertiary alicyclic amines) is 1. The van der Waals surface area contributed by atoms with Crippen molar-refractivity contribution in [3.63, 3.8) is 0 Å². The molecule has 31 heavy (non-hydrogen) atoms. The summed E-state index contributed by atoms with van der Waals surface area (Å²) in [5.74, 6) is 2.58. The molecule has 4 heteroatoms. The number of benzene rings is 2. The van der Waals surface area contributed by atoms with Crippen molar-refractivity contribution in [1.29, 1.82) is 0 Å². The Morgan fingerprint density at radius 2 is 1.90 bits per heavy atom. The number of pyridine rings is 1. The quantitative estimate of drug-likeness (QED) is 0.602. The fourth-order valence-electron chi connectivity index (χ4n) is 4.51. The molecule has 1 aromatic heterocycles. The first-order valence-corrected chi connectivity index (χ1v) is 10.7. The lowest BCUT2D eigenvalue weighted by Gasteiger charge is -2.29. The lowest BCUT2D eigenvalue weighted by atomic mass is 9.78. The van der Waals surface area contributed by atoms with E-state index in [0.29, 0.717) is 13.0 Å². The van der Waals surface area contributed by atoms with Gasteiger partial charge in [0.05, 0.1) is 12.0 Å². The van der Waals surface area contributed by atoms with Crippen molar-refractivity contribution < 1.29 is 4.79 Å². The highest BCUT2D eigenvalue weighted by atomic mass is 16.2. The van der Waals surface area contributed by atoms with Gasteiger partial charge in [0.1, 0.15) is 0 Å². The van der Waals surface area contributed by atoms with E-state index < -0.39 is 5.41 Å². The Balaban J connectivity index is 1.61. The highest BCUT2D eigenvalue weighted by molar-refractivity contribution is 5.84. The summed E-state index contributed by atoms with van der Waals surface area (Å²) in [6.45, 7) is 2.69. The van der Waals surface area contributed by atoms with Crippen LogP contribution in [0.15, 0.2) is 79.1 Å². The SMILES string of the molecule is C#CCNC(=O)[C@]1(Cc2ccccc2-c2cccnc2)CCN(Cc2ccccc2)C1. The zero-order valence-corrected chi connectivity index (χ0v) is 17.6. The highest BCUT2D eigenvalue weighted by Gasteiger charge is 2.44. The number of terminal acetylenes is 1. The summed E-state index contributed by atoms with van der Waals surface area (Å²) >= 11 is 0. The van der Waals surface area contributed by atoms with Crippen LogP contribution < -0.4 is 5.32 Å². The van der Waals surface area contributed by atoms with E-state index in [1.807, 2.05) is 30.5 Å². The van der Waals surface area contributed by atoms with Crippen LogP contribution in [0.3, 0.4) is 0 Å². The molecule has 1 amide bonds.